The van der Waals surface area contributed by atoms with Gasteiger partial charge in [-0.15, -0.1) is 0 Å². The molecule has 220 valence electrons. The second-order valence-electron chi connectivity index (χ2n) is 11.9. The van der Waals surface area contributed by atoms with Crippen LogP contribution in [0.3, 0.4) is 0 Å². The van der Waals surface area contributed by atoms with Crippen LogP contribution in [0, 0.1) is 30.9 Å². The van der Waals surface area contributed by atoms with E-state index in [9.17, 15) is 19.1 Å². The maximum Gasteiger partial charge on any atom is 0.407 e. The molecule has 4 aromatic rings. The Balaban J connectivity index is 1.66. The topological polar surface area (TPSA) is 88.6 Å². The summed E-state index contributed by atoms with van der Waals surface area (Å²) in [5.41, 5.74) is 2.75. The van der Waals surface area contributed by atoms with Crippen molar-refractivity contribution in [3.05, 3.63) is 92.1 Å². The summed E-state index contributed by atoms with van der Waals surface area (Å²) in [4.78, 5) is 31.3. The van der Waals surface area contributed by atoms with Crippen LogP contribution in [0.1, 0.15) is 56.5 Å². The SMILES string of the molecule is Cc1cc(Br)cc(C)c1-n1cc(-c2nc(C3CCN(C(=O)O)C(C(C)(C)C)C3)oc2-c2ccc(F)cc2F)ccc1=O. The van der Waals surface area contributed by atoms with E-state index in [1.807, 2.05) is 46.8 Å². The van der Waals surface area contributed by atoms with Crippen LogP contribution in [0.25, 0.3) is 28.3 Å². The smallest absolute Gasteiger partial charge is 0.407 e. The summed E-state index contributed by atoms with van der Waals surface area (Å²) >= 11 is 3.50. The summed E-state index contributed by atoms with van der Waals surface area (Å²) in [6.07, 6.45) is 1.62. The lowest BCUT2D eigenvalue weighted by Gasteiger charge is -2.43. The molecule has 42 heavy (non-hydrogen) atoms. The Bertz CT molecular complexity index is 1720. The summed E-state index contributed by atoms with van der Waals surface area (Å²) in [5, 5.41) is 9.81. The van der Waals surface area contributed by atoms with Crippen LogP contribution in [-0.4, -0.2) is 38.2 Å². The van der Waals surface area contributed by atoms with Gasteiger partial charge in [-0.1, -0.05) is 36.7 Å². The zero-order chi connectivity index (χ0) is 30.5. The number of nitrogens with zero attached hydrogens (tertiary/aromatic N) is 3. The van der Waals surface area contributed by atoms with Crippen LogP contribution in [0.2, 0.25) is 0 Å². The molecular weight excluding hydrogens is 608 g/mol. The molecule has 10 heteroatoms. The van der Waals surface area contributed by atoms with E-state index in [1.165, 1.54) is 21.6 Å². The number of hydrogen-bond acceptors (Lipinski definition) is 4. The van der Waals surface area contributed by atoms with Crippen LogP contribution in [0.4, 0.5) is 13.6 Å². The lowest BCUT2D eigenvalue weighted by atomic mass is 9.77. The lowest BCUT2D eigenvalue weighted by molar-refractivity contribution is 0.0493. The number of hydrogen-bond donors (Lipinski definition) is 1. The first kappa shape index (κ1) is 29.7. The summed E-state index contributed by atoms with van der Waals surface area (Å²) in [7, 11) is 0. The quantitative estimate of drug-likeness (QED) is 0.244. The number of benzene rings is 2. The third-order valence-corrected chi connectivity index (χ3v) is 8.36. The first-order chi connectivity index (χ1) is 19.7. The Kier molecular flexibility index (Phi) is 7.87. The Morgan fingerprint density at radius 2 is 1.79 bits per heavy atom. The molecule has 2 aromatic carbocycles. The molecule has 1 fully saturated rings. The second-order valence-corrected chi connectivity index (χ2v) is 12.9. The highest BCUT2D eigenvalue weighted by Gasteiger charge is 2.41. The van der Waals surface area contributed by atoms with Crippen LogP contribution >= 0.6 is 15.9 Å². The molecule has 0 bridgehead atoms. The third kappa shape index (κ3) is 5.64. The number of rotatable bonds is 4. The number of amides is 1. The molecule has 1 aliphatic rings. The van der Waals surface area contributed by atoms with Crippen LogP contribution in [0.5, 0.6) is 0 Å². The van der Waals surface area contributed by atoms with Crippen molar-refractivity contribution >= 4 is 22.0 Å². The number of carboxylic acid groups (broad SMARTS) is 1. The molecule has 1 aliphatic heterocycles. The molecule has 0 saturated carbocycles. The van der Waals surface area contributed by atoms with Crippen LogP contribution in [0.15, 0.2) is 62.3 Å². The molecule has 0 radical (unpaired) electrons. The van der Waals surface area contributed by atoms with Gasteiger partial charge in [0, 0.05) is 46.9 Å². The molecule has 7 nitrogen and oxygen atoms in total. The fraction of sp³-hybridized carbons (Fsp3) is 0.344. The molecule has 1 saturated heterocycles. The summed E-state index contributed by atoms with van der Waals surface area (Å²) in [6, 6.07) is 9.84. The van der Waals surface area contributed by atoms with Gasteiger partial charge in [0.05, 0.1) is 11.3 Å². The van der Waals surface area contributed by atoms with Crippen molar-refractivity contribution in [3.63, 3.8) is 0 Å². The van der Waals surface area contributed by atoms with Crippen LogP contribution < -0.4 is 5.56 Å². The molecule has 2 unspecified atom stereocenters. The average Bonchev–Trinajstić information content (AvgIpc) is 3.33. The van der Waals surface area contributed by atoms with E-state index in [2.05, 4.69) is 15.9 Å². The number of pyridine rings is 1. The van der Waals surface area contributed by atoms with E-state index in [0.29, 0.717) is 36.5 Å². The van der Waals surface area contributed by atoms with Crippen LogP contribution in [-0.2, 0) is 0 Å². The Labute approximate surface area is 250 Å². The standard InChI is InChI=1S/C32H32BrF2N3O4/c1-17-12-21(33)13-18(2)28(17)38-16-20(6-9-26(38)39)27-29(23-8-7-22(34)15-24(23)35)42-30(36-27)19-10-11-37(31(40)41)25(14-19)32(3,4)5/h6-9,12-13,15-16,19,25H,10-11,14H2,1-5H3,(H,40,41). The number of aryl methyl sites for hydroxylation is 2. The highest BCUT2D eigenvalue weighted by Crippen LogP contribution is 2.42. The normalized spacial score (nSPS) is 17.5. The molecule has 0 aliphatic carbocycles. The number of aromatic nitrogens is 2. The van der Waals surface area contributed by atoms with E-state index < -0.39 is 17.7 Å². The van der Waals surface area contributed by atoms with Crippen molar-refractivity contribution in [2.75, 3.05) is 6.54 Å². The van der Waals surface area contributed by atoms with Crippen molar-refractivity contribution in [1.29, 1.82) is 0 Å². The minimum atomic E-state index is -0.976. The van der Waals surface area contributed by atoms with E-state index >= 15 is 4.39 Å². The molecular formula is C32H32BrF2N3O4. The first-order valence-electron chi connectivity index (χ1n) is 13.7. The van der Waals surface area contributed by atoms with Crippen molar-refractivity contribution in [1.82, 2.24) is 14.5 Å². The van der Waals surface area contributed by atoms with Gasteiger partial charge >= 0.3 is 6.09 Å². The first-order valence-corrected chi connectivity index (χ1v) is 14.5. The predicted molar refractivity (Wildman–Crippen MR) is 160 cm³/mol. The van der Waals surface area contributed by atoms with Gasteiger partial charge in [-0.2, -0.15) is 0 Å². The van der Waals surface area contributed by atoms with Gasteiger partial charge in [-0.25, -0.2) is 18.6 Å². The molecule has 0 spiro atoms. The van der Waals surface area contributed by atoms with Gasteiger partial charge in [0.1, 0.15) is 17.3 Å². The number of carbonyl (C=O) groups is 1. The molecule has 3 heterocycles. The Hall–Kier alpha value is -3.79. The van der Waals surface area contributed by atoms with Gasteiger partial charge in [-0.05, 0) is 73.6 Å². The molecule has 1 N–H and O–H groups in total. The molecule has 2 aromatic heterocycles. The zero-order valence-electron chi connectivity index (χ0n) is 24.0. The van der Waals surface area contributed by atoms with Gasteiger partial charge in [-0.3, -0.25) is 9.36 Å². The number of halogens is 3. The monoisotopic (exact) mass is 639 g/mol. The largest absolute Gasteiger partial charge is 0.465 e. The maximum atomic E-state index is 15.1. The molecule has 2 atom stereocenters. The van der Waals surface area contributed by atoms with Crippen molar-refractivity contribution in [2.24, 2.45) is 5.41 Å². The summed E-state index contributed by atoms with van der Waals surface area (Å²) in [5.74, 6) is -1.30. The number of likely N-dealkylation sites (tertiary alicyclic amines) is 1. The summed E-state index contributed by atoms with van der Waals surface area (Å²) < 4.78 is 37.7. The minimum Gasteiger partial charge on any atom is -0.465 e. The third-order valence-electron chi connectivity index (χ3n) is 7.90. The predicted octanol–water partition coefficient (Wildman–Crippen LogP) is 8.09. The highest BCUT2D eigenvalue weighted by atomic mass is 79.9. The van der Waals surface area contributed by atoms with E-state index in [4.69, 9.17) is 9.40 Å². The van der Waals surface area contributed by atoms with E-state index in [-0.39, 0.29) is 34.3 Å². The highest BCUT2D eigenvalue weighted by molar-refractivity contribution is 9.10. The zero-order valence-corrected chi connectivity index (χ0v) is 25.6. The van der Waals surface area contributed by atoms with Gasteiger partial charge in [0.15, 0.2) is 11.7 Å². The molecule has 1 amide bonds. The Morgan fingerprint density at radius 3 is 2.40 bits per heavy atom. The van der Waals surface area contributed by atoms with Gasteiger partial charge in [0.2, 0.25) is 0 Å². The van der Waals surface area contributed by atoms with Crippen molar-refractivity contribution < 1.29 is 23.1 Å². The van der Waals surface area contributed by atoms with Gasteiger partial charge < -0.3 is 14.4 Å². The number of piperidine rings is 1. The van der Waals surface area contributed by atoms with Crippen molar-refractivity contribution in [3.8, 4) is 28.3 Å². The fourth-order valence-corrected chi connectivity index (χ4v) is 6.57. The Morgan fingerprint density at radius 1 is 1.10 bits per heavy atom. The fourth-order valence-electron chi connectivity index (χ4n) is 5.89. The van der Waals surface area contributed by atoms with E-state index in [1.54, 1.807) is 12.3 Å². The summed E-state index contributed by atoms with van der Waals surface area (Å²) in [6.45, 7) is 10.1. The van der Waals surface area contributed by atoms with Crippen molar-refractivity contribution in [2.45, 2.75) is 59.4 Å². The lowest BCUT2D eigenvalue weighted by Crippen LogP contribution is -2.51. The number of oxazole rings is 1. The van der Waals surface area contributed by atoms with E-state index in [0.717, 1.165) is 33.4 Å². The minimum absolute atomic E-state index is 0.0363. The molecule has 5 rings (SSSR count). The average molecular weight is 641 g/mol. The maximum absolute atomic E-state index is 15.1. The second kappa shape index (κ2) is 11.1. The van der Waals surface area contributed by atoms with Gasteiger partial charge in [0.25, 0.3) is 5.56 Å².